The number of rotatable bonds is 10. The molecule has 33 heavy (non-hydrogen) atoms. The lowest BCUT2D eigenvalue weighted by Crippen LogP contribution is -3.00. The maximum Gasteiger partial charge on any atom is 0.173 e. The lowest BCUT2D eigenvalue weighted by molar-refractivity contribution is -0.904. The zero-order valence-electron chi connectivity index (χ0n) is 19.6. The second-order valence-electron chi connectivity index (χ2n) is 9.63. The first kappa shape index (κ1) is 25.5. The van der Waals surface area contributed by atoms with E-state index in [9.17, 15) is 5.11 Å². The van der Waals surface area contributed by atoms with E-state index in [0.717, 1.165) is 66.7 Å². The number of benzene rings is 2. The summed E-state index contributed by atoms with van der Waals surface area (Å²) in [7, 11) is 4.38. The third kappa shape index (κ3) is 6.25. The Morgan fingerprint density at radius 1 is 1.03 bits per heavy atom. The molecular weight excluding hydrogens is 480 g/mol. The zero-order chi connectivity index (χ0) is 22.4. The van der Waals surface area contributed by atoms with Crippen LogP contribution in [0.4, 0.5) is 0 Å². The van der Waals surface area contributed by atoms with Crippen LogP contribution in [-0.4, -0.2) is 42.0 Å². The number of ether oxygens (including phenoxy) is 1. The molecule has 0 bridgehead atoms. The van der Waals surface area contributed by atoms with Gasteiger partial charge in [0.05, 0.1) is 27.2 Å². The van der Waals surface area contributed by atoms with Gasteiger partial charge in [-0.05, 0) is 36.5 Å². The third-order valence-electron chi connectivity index (χ3n) is 6.60. The summed E-state index contributed by atoms with van der Waals surface area (Å²) >= 11 is 0. The fourth-order valence-corrected chi connectivity index (χ4v) is 4.90. The molecule has 5 nitrogen and oxygen atoms in total. The van der Waals surface area contributed by atoms with Crippen molar-refractivity contribution in [3.8, 4) is 5.75 Å². The van der Waals surface area contributed by atoms with E-state index >= 15 is 0 Å². The fraction of sp³-hybridized carbons (Fsp3) is 0.444. The molecule has 178 valence electrons. The van der Waals surface area contributed by atoms with Gasteiger partial charge in [-0.2, -0.15) is 0 Å². The van der Waals surface area contributed by atoms with Crippen LogP contribution in [0, 0.1) is 5.92 Å². The third-order valence-corrected chi connectivity index (χ3v) is 6.60. The second kappa shape index (κ2) is 11.3. The van der Waals surface area contributed by atoms with Crippen molar-refractivity contribution in [1.82, 2.24) is 5.16 Å². The molecule has 6 heteroatoms. The average Bonchev–Trinajstić information content (AvgIpc) is 3.50. The molecular formula is C27H35BrN2O3. The van der Waals surface area contributed by atoms with E-state index in [4.69, 9.17) is 9.26 Å². The molecule has 0 spiro atoms. The summed E-state index contributed by atoms with van der Waals surface area (Å²) in [4.78, 5) is 0. The van der Waals surface area contributed by atoms with Crippen molar-refractivity contribution in [3.63, 3.8) is 0 Å². The van der Waals surface area contributed by atoms with Crippen LogP contribution >= 0.6 is 0 Å². The monoisotopic (exact) mass is 514 g/mol. The van der Waals surface area contributed by atoms with Gasteiger partial charge in [-0.3, -0.25) is 0 Å². The normalized spacial score (nSPS) is 16.2. The molecule has 1 unspecified atom stereocenters. The fourth-order valence-electron chi connectivity index (χ4n) is 4.90. The minimum atomic E-state index is -1.12. The molecule has 3 aromatic rings. The highest BCUT2D eigenvalue weighted by Crippen LogP contribution is 2.45. The zero-order valence-corrected chi connectivity index (χ0v) is 21.2. The van der Waals surface area contributed by atoms with Crippen molar-refractivity contribution in [1.29, 1.82) is 0 Å². The average molecular weight is 515 g/mol. The lowest BCUT2D eigenvalue weighted by atomic mass is 9.78. The summed E-state index contributed by atoms with van der Waals surface area (Å²) in [6.07, 6.45) is 5.25. The van der Waals surface area contributed by atoms with Gasteiger partial charge in [-0.15, -0.1) is 0 Å². The van der Waals surface area contributed by atoms with Crippen LogP contribution < -0.4 is 21.7 Å². The van der Waals surface area contributed by atoms with Gasteiger partial charge in [-0.1, -0.05) is 66.5 Å². The first-order chi connectivity index (χ1) is 15.5. The number of hydrogen-bond donors (Lipinski definition) is 1. The Balaban J connectivity index is 0.00000306. The van der Waals surface area contributed by atoms with E-state index in [0.29, 0.717) is 12.4 Å². The van der Waals surface area contributed by atoms with Gasteiger partial charge >= 0.3 is 0 Å². The number of quaternary nitrogens is 1. The molecule has 4 rings (SSSR count). The first-order valence-corrected chi connectivity index (χ1v) is 11.7. The Morgan fingerprint density at radius 3 is 2.33 bits per heavy atom. The molecule has 1 atom stereocenters. The molecule has 0 amide bonds. The second-order valence-corrected chi connectivity index (χ2v) is 9.63. The lowest BCUT2D eigenvalue weighted by Gasteiger charge is -2.32. The molecule has 0 aliphatic heterocycles. The summed E-state index contributed by atoms with van der Waals surface area (Å²) in [6.45, 7) is 2.39. The summed E-state index contributed by atoms with van der Waals surface area (Å²) in [5, 5.41) is 16.2. The standard InChI is InChI=1S/C27H35N2O3.BrH/c1-29(2,18-11-19-31-25-16-7-4-8-17-25)21-24-20-26(32-28-24)27(30,23-14-9-10-15-23)22-12-5-3-6-13-22;/h3-8,12-13,16-17,20,23,30H,9-11,14-15,18-19,21H2,1-2H3;1H/q+1;/p-1. The van der Waals surface area contributed by atoms with Crippen LogP contribution in [0.5, 0.6) is 5.75 Å². The predicted molar refractivity (Wildman–Crippen MR) is 125 cm³/mol. The van der Waals surface area contributed by atoms with Crippen molar-refractivity contribution in [2.75, 3.05) is 27.2 Å². The van der Waals surface area contributed by atoms with Crippen LogP contribution in [0.25, 0.3) is 0 Å². The maximum absolute atomic E-state index is 11.9. The predicted octanol–water partition coefficient (Wildman–Crippen LogP) is 2.15. The molecule has 1 aromatic heterocycles. The van der Waals surface area contributed by atoms with Crippen molar-refractivity contribution in [2.24, 2.45) is 5.92 Å². The van der Waals surface area contributed by atoms with Gasteiger partial charge in [0.1, 0.15) is 18.0 Å². The molecule has 0 radical (unpaired) electrons. The van der Waals surface area contributed by atoms with Crippen LogP contribution in [0.1, 0.15) is 49.1 Å². The van der Waals surface area contributed by atoms with Crippen molar-refractivity contribution < 1.29 is 35.8 Å². The maximum atomic E-state index is 11.9. The van der Waals surface area contributed by atoms with E-state index in [2.05, 4.69) is 19.3 Å². The SMILES string of the molecule is C[N+](C)(CCCOc1ccccc1)Cc1cc(C(O)(c2ccccc2)C2CCCC2)on1.[Br-]. The van der Waals surface area contributed by atoms with Crippen LogP contribution in [0.15, 0.2) is 71.3 Å². The van der Waals surface area contributed by atoms with Gasteiger partial charge in [0, 0.05) is 12.5 Å². The van der Waals surface area contributed by atoms with Gasteiger partial charge in [-0.25, -0.2) is 0 Å². The highest BCUT2D eigenvalue weighted by Gasteiger charge is 2.44. The summed E-state index contributed by atoms with van der Waals surface area (Å²) < 4.78 is 12.4. The minimum absolute atomic E-state index is 0. The molecule has 1 fully saturated rings. The van der Waals surface area contributed by atoms with E-state index in [1.165, 1.54) is 0 Å². The number of aromatic nitrogens is 1. The topological polar surface area (TPSA) is 55.5 Å². The number of nitrogens with zero attached hydrogens (tertiary/aromatic N) is 2. The highest BCUT2D eigenvalue weighted by atomic mass is 79.9. The smallest absolute Gasteiger partial charge is 0.173 e. The van der Waals surface area contributed by atoms with Crippen LogP contribution in [0.2, 0.25) is 0 Å². The van der Waals surface area contributed by atoms with Crippen LogP contribution in [0.3, 0.4) is 0 Å². The molecule has 1 aliphatic carbocycles. The Bertz CT molecular complexity index is 971. The summed E-state index contributed by atoms with van der Waals surface area (Å²) in [5.41, 5.74) is 0.645. The van der Waals surface area contributed by atoms with E-state index in [1.807, 2.05) is 66.7 Å². The van der Waals surface area contributed by atoms with Crippen molar-refractivity contribution >= 4 is 0 Å². The van der Waals surface area contributed by atoms with Crippen molar-refractivity contribution in [3.05, 3.63) is 83.7 Å². The van der Waals surface area contributed by atoms with Crippen molar-refractivity contribution in [2.45, 2.75) is 44.2 Å². The number of hydrogen-bond acceptors (Lipinski definition) is 4. The highest BCUT2D eigenvalue weighted by molar-refractivity contribution is 5.33. The first-order valence-electron chi connectivity index (χ1n) is 11.7. The van der Waals surface area contributed by atoms with Gasteiger partial charge in [0.2, 0.25) is 0 Å². The van der Waals surface area contributed by atoms with Gasteiger partial charge in [0.15, 0.2) is 11.4 Å². The number of halogens is 1. The van der Waals surface area contributed by atoms with E-state index in [-0.39, 0.29) is 22.9 Å². The van der Waals surface area contributed by atoms with Gasteiger partial charge < -0.3 is 35.8 Å². The Labute approximate surface area is 207 Å². The Kier molecular flexibility index (Phi) is 8.74. The Morgan fingerprint density at radius 2 is 1.67 bits per heavy atom. The molecule has 1 saturated carbocycles. The minimum Gasteiger partial charge on any atom is -1.00 e. The van der Waals surface area contributed by atoms with Crippen LogP contribution in [-0.2, 0) is 12.1 Å². The van der Waals surface area contributed by atoms with Gasteiger partial charge in [0.25, 0.3) is 0 Å². The summed E-state index contributed by atoms with van der Waals surface area (Å²) in [6, 6.07) is 21.8. The molecule has 1 heterocycles. The molecule has 1 aliphatic rings. The Hall–Kier alpha value is -2.15. The molecule has 0 saturated heterocycles. The van der Waals surface area contributed by atoms with E-state index in [1.54, 1.807) is 0 Å². The molecule has 2 aromatic carbocycles. The molecule has 1 N–H and O–H groups in total. The summed E-state index contributed by atoms with van der Waals surface area (Å²) in [5.74, 6) is 1.63. The quantitative estimate of drug-likeness (QED) is 0.332. The largest absolute Gasteiger partial charge is 1.00 e. The number of para-hydroxylation sites is 1. The number of aliphatic hydroxyl groups is 1. The van der Waals surface area contributed by atoms with E-state index < -0.39 is 5.60 Å².